The normalized spacial score (nSPS) is 26.6. The molecule has 1 saturated carbocycles. The van der Waals surface area contributed by atoms with Gasteiger partial charge in [-0.1, -0.05) is 19.9 Å². The molecule has 3 atom stereocenters. The summed E-state index contributed by atoms with van der Waals surface area (Å²) in [5, 5.41) is 0. The van der Waals surface area contributed by atoms with E-state index in [2.05, 4.69) is 23.8 Å². The van der Waals surface area contributed by atoms with E-state index >= 15 is 0 Å². The molecule has 1 aliphatic rings. The summed E-state index contributed by atoms with van der Waals surface area (Å²) in [6, 6.07) is 5.70. The van der Waals surface area contributed by atoms with Gasteiger partial charge in [0.1, 0.15) is 0 Å². The Labute approximate surface area is 119 Å². The van der Waals surface area contributed by atoms with E-state index in [1.807, 2.05) is 18.2 Å². The molecule has 0 radical (unpaired) electrons. The number of carbonyl (C=O) groups is 1. The summed E-state index contributed by atoms with van der Waals surface area (Å²) in [6.45, 7) is 4.54. The molecule has 1 fully saturated rings. The minimum absolute atomic E-state index is 0.147. The molecule has 0 spiro atoms. The predicted molar refractivity (Wildman–Crippen MR) is 79.5 cm³/mol. The van der Waals surface area contributed by atoms with Crippen LogP contribution in [0.2, 0.25) is 0 Å². The first-order chi connectivity index (χ1) is 9.66. The Morgan fingerprint density at radius 1 is 1.10 bits per heavy atom. The molecular formula is C17H20N2O. The minimum atomic E-state index is 0.147. The van der Waals surface area contributed by atoms with Crippen LogP contribution in [0.15, 0.2) is 30.6 Å². The lowest BCUT2D eigenvalue weighted by Gasteiger charge is -2.31. The minimum Gasteiger partial charge on any atom is -0.294 e. The Kier molecular flexibility index (Phi) is 3.51. The highest BCUT2D eigenvalue weighted by Gasteiger charge is 2.30. The maximum atomic E-state index is 12.8. The number of aromatic nitrogens is 2. The molecule has 3 rings (SSSR count). The molecule has 0 amide bonds. The smallest absolute Gasteiger partial charge is 0.168 e. The SMILES string of the molecule is CC1CCC(C(=O)c2cccc3nccnc23)CC1C. The van der Waals surface area contributed by atoms with Crippen LogP contribution in [0.5, 0.6) is 0 Å². The lowest BCUT2D eigenvalue weighted by atomic mass is 9.73. The number of hydrogen-bond acceptors (Lipinski definition) is 3. The van der Waals surface area contributed by atoms with Crippen LogP contribution in [0.4, 0.5) is 0 Å². The van der Waals surface area contributed by atoms with E-state index in [0.717, 1.165) is 41.8 Å². The molecule has 2 aromatic rings. The van der Waals surface area contributed by atoms with E-state index in [-0.39, 0.29) is 11.7 Å². The molecule has 1 aromatic heterocycles. The zero-order valence-electron chi connectivity index (χ0n) is 12.0. The second-order valence-electron chi connectivity index (χ2n) is 6.06. The fourth-order valence-electron chi connectivity index (χ4n) is 3.20. The summed E-state index contributed by atoms with van der Waals surface area (Å²) in [4.78, 5) is 21.4. The third kappa shape index (κ3) is 2.33. The topological polar surface area (TPSA) is 42.9 Å². The van der Waals surface area contributed by atoms with Gasteiger partial charge in [-0.15, -0.1) is 0 Å². The first-order valence-corrected chi connectivity index (χ1v) is 7.40. The van der Waals surface area contributed by atoms with E-state index < -0.39 is 0 Å². The lowest BCUT2D eigenvalue weighted by Crippen LogP contribution is -2.26. The van der Waals surface area contributed by atoms with Crippen molar-refractivity contribution in [2.45, 2.75) is 33.1 Å². The van der Waals surface area contributed by atoms with Gasteiger partial charge in [-0.2, -0.15) is 0 Å². The zero-order valence-corrected chi connectivity index (χ0v) is 12.0. The van der Waals surface area contributed by atoms with Crippen LogP contribution >= 0.6 is 0 Å². The molecule has 0 saturated heterocycles. The highest BCUT2D eigenvalue weighted by atomic mass is 16.1. The number of fused-ring (bicyclic) bond motifs is 1. The van der Waals surface area contributed by atoms with Gasteiger partial charge in [0.2, 0.25) is 0 Å². The van der Waals surface area contributed by atoms with E-state index in [1.165, 1.54) is 0 Å². The standard InChI is InChI=1S/C17H20N2O/c1-11-6-7-13(10-12(11)2)17(20)14-4-3-5-15-16(14)19-9-8-18-15/h3-5,8-9,11-13H,6-7,10H2,1-2H3. The number of nitrogens with zero attached hydrogens (tertiary/aromatic N) is 2. The summed E-state index contributed by atoms with van der Waals surface area (Å²) in [7, 11) is 0. The van der Waals surface area contributed by atoms with Crippen LogP contribution in [0.3, 0.4) is 0 Å². The molecular weight excluding hydrogens is 248 g/mol. The van der Waals surface area contributed by atoms with Crippen LogP contribution in [-0.4, -0.2) is 15.8 Å². The average Bonchev–Trinajstić information content (AvgIpc) is 2.49. The number of rotatable bonds is 2. The maximum absolute atomic E-state index is 12.8. The van der Waals surface area contributed by atoms with Crippen molar-refractivity contribution in [3.8, 4) is 0 Å². The van der Waals surface area contributed by atoms with Crippen LogP contribution in [-0.2, 0) is 0 Å². The third-order valence-corrected chi connectivity index (χ3v) is 4.73. The van der Waals surface area contributed by atoms with Gasteiger partial charge >= 0.3 is 0 Å². The lowest BCUT2D eigenvalue weighted by molar-refractivity contribution is 0.0839. The number of carbonyl (C=O) groups excluding carboxylic acids is 1. The summed E-state index contributed by atoms with van der Waals surface area (Å²) in [5.41, 5.74) is 2.28. The fraction of sp³-hybridized carbons (Fsp3) is 0.471. The van der Waals surface area contributed by atoms with E-state index in [4.69, 9.17) is 0 Å². The fourth-order valence-corrected chi connectivity index (χ4v) is 3.20. The maximum Gasteiger partial charge on any atom is 0.168 e. The van der Waals surface area contributed by atoms with Crippen molar-refractivity contribution in [2.75, 3.05) is 0 Å². The van der Waals surface area contributed by atoms with E-state index in [9.17, 15) is 4.79 Å². The molecule has 0 N–H and O–H groups in total. The molecule has 3 heteroatoms. The molecule has 3 nitrogen and oxygen atoms in total. The van der Waals surface area contributed by atoms with Crippen molar-refractivity contribution in [1.82, 2.24) is 9.97 Å². The molecule has 0 aliphatic heterocycles. The number of ketones is 1. The van der Waals surface area contributed by atoms with E-state index in [1.54, 1.807) is 12.4 Å². The number of para-hydroxylation sites is 1. The van der Waals surface area contributed by atoms with Crippen molar-refractivity contribution in [1.29, 1.82) is 0 Å². The Balaban J connectivity index is 1.93. The van der Waals surface area contributed by atoms with Crippen LogP contribution in [0.25, 0.3) is 11.0 Å². The quantitative estimate of drug-likeness (QED) is 0.776. The third-order valence-electron chi connectivity index (χ3n) is 4.73. The molecule has 1 aromatic carbocycles. The number of Topliss-reactive ketones (excluding diaryl/α,β-unsaturated/α-hetero) is 1. The summed E-state index contributed by atoms with van der Waals surface area (Å²) in [5.74, 6) is 1.74. The predicted octanol–water partition coefficient (Wildman–Crippen LogP) is 3.88. The van der Waals surface area contributed by atoms with Crippen molar-refractivity contribution in [3.05, 3.63) is 36.2 Å². The summed E-state index contributed by atoms with van der Waals surface area (Å²) in [6.07, 6.45) is 6.47. The molecule has 1 heterocycles. The Bertz CT molecular complexity index is 632. The molecule has 104 valence electrons. The monoisotopic (exact) mass is 268 g/mol. The van der Waals surface area contributed by atoms with Crippen molar-refractivity contribution in [3.63, 3.8) is 0 Å². The van der Waals surface area contributed by atoms with Crippen molar-refractivity contribution < 1.29 is 4.79 Å². The van der Waals surface area contributed by atoms with Crippen LogP contribution in [0.1, 0.15) is 43.5 Å². The van der Waals surface area contributed by atoms with Crippen LogP contribution < -0.4 is 0 Å². The van der Waals surface area contributed by atoms with Crippen molar-refractivity contribution >= 4 is 16.8 Å². The van der Waals surface area contributed by atoms with Gasteiger partial charge in [-0.05, 0) is 43.2 Å². The van der Waals surface area contributed by atoms with Gasteiger partial charge in [-0.3, -0.25) is 14.8 Å². The highest BCUT2D eigenvalue weighted by Crippen LogP contribution is 2.35. The average molecular weight is 268 g/mol. The Morgan fingerprint density at radius 2 is 1.90 bits per heavy atom. The van der Waals surface area contributed by atoms with Crippen LogP contribution in [0, 0.1) is 17.8 Å². The van der Waals surface area contributed by atoms with E-state index in [0.29, 0.717) is 5.92 Å². The molecule has 1 aliphatic carbocycles. The van der Waals surface area contributed by atoms with Gasteiger partial charge in [0.25, 0.3) is 0 Å². The first kappa shape index (κ1) is 13.2. The number of benzene rings is 1. The van der Waals surface area contributed by atoms with Gasteiger partial charge < -0.3 is 0 Å². The van der Waals surface area contributed by atoms with Gasteiger partial charge in [-0.25, -0.2) is 0 Å². The summed E-state index contributed by atoms with van der Waals surface area (Å²) < 4.78 is 0. The second-order valence-corrected chi connectivity index (χ2v) is 6.06. The second kappa shape index (κ2) is 5.31. The van der Waals surface area contributed by atoms with Crippen molar-refractivity contribution in [2.24, 2.45) is 17.8 Å². The molecule has 20 heavy (non-hydrogen) atoms. The number of hydrogen-bond donors (Lipinski definition) is 0. The molecule has 3 unspecified atom stereocenters. The van der Waals surface area contributed by atoms with Gasteiger partial charge in [0.15, 0.2) is 5.78 Å². The zero-order chi connectivity index (χ0) is 14.1. The first-order valence-electron chi connectivity index (χ1n) is 7.40. The summed E-state index contributed by atoms with van der Waals surface area (Å²) >= 11 is 0. The van der Waals surface area contributed by atoms with Gasteiger partial charge in [0, 0.05) is 23.9 Å². The Hall–Kier alpha value is -1.77. The highest BCUT2D eigenvalue weighted by molar-refractivity contribution is 6.07. The van der Waals surface area contributed by atoms with Gasteiger partial charge in [0.05, 0.1) is 11.0 Å². The Morgan fingerprint density at radius 3 is 2.70 bits per heavy atom. The largest absolute Gasteiger partial charge is 0.294 e. The molecule has 0 bridgehead atoms.